The largest absolute Gasteiger partial charge is 0.491 e. The van der Waals surface area contributed by atoms with Gasteiger partial charge >= 0.3 is 0 Å². The highest BCUT2D eigenvalue weighted by Crippen LogP contribution is 2.43. The van der Waals surface area contributed by atoms with Crippen LogP contribution in [0.4, 0.5) is 5.69 Å². The molecule has 0 aliphatic carbocycles. The Labute approximate surface area is 179 Å². The van der Waals surface area contributed by atoms with Gasteiger partial charge in [0.15, 0.2) is 5.60 Å². The Morgan fingerprint density at radius 3 is 2.62 bits per heavy atom. The average Bonchev–Trinajstić information content (AvgIpc) is 2.82. The van der Waals surface area contributed by atoms with Crippen LogP contribution in [0.1, 0.15) is 49.8 Å². The summed E-state index contributed by atoms with van der Waals surface area (Å²) in [5.41, 5.74) is 1.44. The van der Waals surface area contributed by atoms with E-state index in [4.69, 9.17) is 4.74 Å². The molecule has 0 radical (unpaired) electrons. The smallest absolute Gasteiger partial charge is 0.264 e. The number of aliphatic hydroxyl groups is 1. The summed E-state index contributed by atoms with van der Waals surface area (Å²) in [6.45, 7) is 8.16. The summed E-state index contributed by atoms with van der Waals surface area (Å²) in [5, 5.41) is 11.1. The lowest BCUT2D eigenvalue weighted by Gasteiger charge is -2.23. The Morgan fingerprint density at radius 2 is 1.97 bits per heavy atom. The van der Waals surface area contributed by atoms with E-state index in [1.54, 1.807) is 12.1 Å². The molecule has 0 aromatic heterocycles. The quantitative estimate of drug-likeness (QED) is 0.662. The highest BCUT2D eigenvalue weighted by molar-refractivity contribution is 9.10. The van der Waals surface area contributed by atoms with Gasteiger partial charge in [-0.1, -0.05) is 41.9 Å². The zero-order valence-corrected chi connectivity index (χ0v) is 18.7. The molecule has 1 aliphatic heterocycles. The van der Waals surface area contributed by atoms with E-state index in [0.29, 0.717) is 17.2 Å². The van der Waals surface area contributed by atoms with Crippen molar-refractivity contribution >= 4 is 33.3 Å². The summed E-state index contributed by atoms with van der Waals surface area (Å²) >= 11 is 3.38. The maximum Gasteiger partial charge on any atom is 0.264 e. The third-order valence-corrected chi connectivity index (χ3v) is 5.66. The molecule has 0 bridgehead atoms. The van der Waals surface area contributed by atoms with Crippen molar-refractivity contribution in [3.63, 3.8) is 0 Å². The number of nitrogens with zero attached hydrogens (tertiary/aromatic N) is 1. The molecule has 1 atom stereocenters. The van der Waals surface area contributed by atoms with Gasteiger partial charge in [-0.3, -0.25) is 9.59 Å². The van der Waals surface area contributed by atoms with E-state index in [1.807, 2.05) is 19.1 Å². The molecule has 1 amide bonds. The first-order valence-corrected chi connectivity index (χ1v) is 10.5. The van der Waals surface area contributed by atoms with Crippen molar-refractivity contribution < 1.29 is 19.4 Å². The number of anilines is 1. The van der Waals surface area contributed by atoms with Crippen LogP contribution in [0.3, 0.4) is 0 Å². The lowest BCUT2D eigenvalue weighted by molar-refractivity contribution is -0.141. The number of hydrogen-bond acceptors (Lipinski definition) is 4. The molecule has 1 heterocycles. The van der Waals surface area contributed by atoms with Crippen molar-refractivity contribution in [2.24, 2.45) is 0 Å². The fourth-order valence-corrected chi connectivity index (χ4v) is 4.13. The van der Waals surface area contributed by atoms with Gasteiger partial charge < -0.3 is 14.7 Å². The van der Waals surface area contributed by atoms with Gasteiger partial charge in [-0.2, -0.15) is 0 Å². The Kier molecular flexibility index (Phi) is 6.15. The van der Waals surface area contributed by atoms with E-state index < -0.39 is 11.5 Å². The molecule has 6 heteroatoms. The number of benzene rings is 2. The number of hydrogen-bond donors (Lipinski definition) is 1. The lowest BCUT2D eigenvalue weighted by atomic mass is 9.90. The van der Waals surface area contributed by atoms with Gasteiger partial charge in [-0.05, 0) is 55.2 Å². The minimum atomic E-state index is -1.84. The van der Waals surface area contributed by atoms with Crippen molar-refractivity contribution in [1.82, 2.24) is 0 Å². The number of amides is 1. The normalized spacial score (nSPS) is 18.3. The van der Waals surface area contributed by atoms with E-state index in [2.05, 4.69) is 41.9 Å². The lowest BCUT2D eigenvalue weighted by Crippen LogP contribution is -2.43. The Hall–Kier alpha value is -2.18. The maximum atomic E-state index is 13.1. The van der Waals surface area contributed by atoms with Crippen LogP contribution in [-0.4, -0.2) is 29.9 Å². The number of carbonyl (C=O) groups excluding carboxylic acids is 2. The third-order valence-electron chi connectivity index (χ3n) is 5.16. The molecule has 2 aromatic rings. The van der Waals surface area contributed by atoms with Gasteiger partial charge in [-0.25, -0.2) is 0 Å². The van der Waals surface area contributed by atoms with Crippen molar-refractivity contribution in [1.29, 1.82) is 0 Å². The molecule has 2 aromatic carbocycles. The van der Waals surface area contributed by atoms with Crippen molar-refractivity contribution in [3.8, 4) is 5.75 Å². The predicted molar refractivity (Wildman–Crippen MR) is 116 cm³/mol. The fraction of sp³-hybridized carbons (Fsp3) is 0.391. The van der Waals surface area contributed by atoms with Crippen LogP contribution in [0, 0.1) is 6.92 Å². The molecule has 154 valence electrons. The number of carbonyl (C=O) groups is 2. The topological polar surface area (TPSA) is 66.8 Å². The first kappa shape index (κ1) is 21.5. The van der Waals surface area contributed by atoms with Crippen LogP contribution in [0.25, 0.3) is 0 Å². The van der Waals surface area contributed by atoms with Crippen molar-refractivity contribution in [3.05, 3.63) is 57.6 Å². The average molecular weight is 460 g/mol. The second-order valence-corrected chi connectivity index (χ2v) is 8.82. The minimum Gasteiger partial charge on any atom is -0.491 e. The van der Waals surface area contributed by atoms with E-state index in [1.165, 1.54) is 11.8 Å². The maximum absolute atomic E-state index is 13.1. The Morgan fingerprint density at radius 1 is 1.24 bits per heavy atom. The monoisotopic (exact) mass is 459 g/mol. The molecule has 0 fully saturated rings. The number of aryl methyl sites for hydroxylation is 1. The zero-order valence-electron chi connectivity index (χ0n) is 17.2. The summed E-state index contributed by atoms with van der Waals surface area (Å²) < 4.78 is 6.77. The van der Waals surface area contributed by atoms with Crippen LogP contribution >= 0.6 is 15.9 Å². The summed E-state index contributed by atoms with van der Waals surface area (Å²) in [4.78, 5) is 26.3. The summed E-state index contributed by atoms with van der Waals surface area (Å²) in [7, 11) is 0. The fourth-order valence-electron chi connectivity index (χ4n) is 3.77. The second-order valence-electron chi connectivity index (χ2n) is 7.90. The van der Waals surface area contributed by atoms with Crippen LogP contribution in [0.2, 0.25) is 0 Å². The molecule has 0 saturated carbocycles. The molecule has 0 saturated heterocycles. The molecule has 3 rings (SSSR count). The Bertz CT molecular complexity index is 956. The van der Waals surface area contributed by atoms with Gasteiger partial charge in [0.2, 0.25) is 0 Å². The van der Waals surface area contributed by atoms with Crippen LogP contribution < -0.4 is 9.64 Å². The molecule has 1 aliphatic rings. The zero-order chi connectivity index (χ0) is 21.3. The van der Waals surface area contributed by atoms with Gasteiger partial charge in [0, 0.05) is 16.5 Å². The Balaban J connectivity index is 1.83. The minimum absolute atomic E-state index is 0.244. The van der Waals surface area contributed by atoms with Gasteiger partial charge in [0.05, 0.1) is 12.2 Å². The molecule has 0 spiro atoms. The van der Waals surface area contributed by atoms with Crippen LogP contribution in [0.5, 0.6) is 5.75 Å². The third kappa shape index (κ3) is 4.23. The number of ketones is 1. The number of rotatable bonds is 7. The standard InChI is InChI=1S/C23H26BrNO4/c1-14(2)18-7-5-15(3)11-21(18)29-10-9-25-20-8-6-17(24)12-19(20)23(28,22(25)27)13-16(4)26/h5-8,11-12,14,28H,9-10,13H2,1-4H3. The van der Waals surface area contributed by atoms with Crippen molar-refractivity contribution in [2.75, 3.05) is 18.1 Å². The van der Waals surface area contributed by atoms with Gasteiger partial charge in [0.25, 0.3) is 5.91 Å². The summed E-state index contributed by atoms with van der Waals surface area (Å²) in [5.74, 6) is 0.392. The molecule has 1 N–H and O–H groups in total. The van der Waals surface area contributed by atoms with Crippen LogP contribution in [-0.2, 0) is 15.2 Å². The molecule has 1 unspecified atom stereocenters. The molecule has 29 heavy (non-hydrogen) atoms. The van der Waals surface area contributed by atoms with E-state index in [0.717, 1.165) is 21.3 Å². The van der Waals surface area contributed by atoms with Crippen molar-refractivity contribution in [2.45, 2.75) is 45.6 Å². The van der Waals surface area contributed by atoms with E-state index in [9.17, 15) is 14.7 Å². The van der Waals surface area contributed by atoms with Crippen LogP contribution in [0.15, 0.2) is 40.9 Å². The SMILES string of the molecule is CC(=O)CC1(O)C(=O)N(CCOc2cc(C)ccc2C(C)C)c2ccc(Br)cc21. The molecular weight excluding hydrogens is 434 g/mol. The predicted octanol–water partition coefficient (Wildman–Crippen LogP) is 4.47. The van der Waals surface area contributed by atoms with Gasteiger partial charge in [-0.15, -0.1) is 0 Å². The van der Waals surface area contributed by atoms with Gasteiger partial charge in [0.1, 0.15) is 18.1 Å². The second kappa shape index (κ2) is 8.28. The summed E-state index contributed by atoms with van der Waals surface area (Å²) in [6.07, 6.45) is -0.248. The first-order valence-electron chi connectivity index (χ1n) is 9.70. The number of fused-ring (bicyclic) bond motifs is 1. The highest BCUT2D eigenvalue weighted by atomic mass is 79.9. The van der Waals surface area contributed by atoms with E-state index >= 15 is 0 Å². The number of halogens is 1. The highest BCUT2D eigenvalue weighted by Gasteiger charge is 2.50. The number of Topliss-reactive ketones (excluding diaryl/α,β-unsaturated/α-hetero) is 1. The molecular formula is C23H26BrNO4. The first-order chi connectivity index (χ1) is 13.6. The van der Waals surface area contributed by atoms with E-state index in [-0.39, 0.29) is 25.4 Å². The number of ether oxygens (including phenoxy) is 1. The summed E-state index contributed by atoms with van der Waals surface area (Å²) in [6, 6.07) is 11.4. The molecule has 5 nitrogen and oxygen atoms in total.